The Balaban J connectivity index is 1.57. The Bertz CT molecular complexity index is 1400. The van der Waals surface area contributed by atoms with Gasteiger partial charge in [0.15, 0.2) is 23.1 Å². The van der Waals surface area contributed by atoms with Gasteiger partial charge in [0.25, 0.3) is 0 Å². The Kier molecular flexibility index (Phi) is 6.25. The van der Waals surface area contributed by atoms with Gasteiger partial charge in [-0.3, -0.25) is 9.59 Å². The molecule has 0 radical (unpaired) electrons. The number of hydrogen-bond donors (Lipinski definition) is 4. The number of rotatable bonds is 1. The molecule has 3 aromatic rings. The average molecular weight is 519 g/mol. The summed E-state index contributed by atoms with van der Waals surface area (Å²) in [7, 11) is 0. The maximum Gasteiger partial charge on any atom is 0.229 e. The zero-order valence-electron chi connectivity index (χ0n) is 20.2. The van der Waals surface area contributed by atoms with Crippen molar-refractivity contribution in [2.75, 3.05) is 13.2 Å². The first kappa shape index (κ1) is 24.7. The van der Waals surface area contributed by atoms with Crippen LogP contribution in [0.4, 0.5) is 0 Å². The third kappa shape index (κ3) is 3.91. The van der Waals surface area contributed by atoms with Crippen molar-refractivity contribution in [3.63, 3.8) is 0 Å². The van der Waals surface area contributed by atoms with E-state index in [-0.39, 0.29) is 41.2 Å². The molecule has 1 saturated heterocycles. The highest BCUT2D eigenvalue weighted by Crippen LogP contribution is 2.47. The van der Waals surface area contributed by atoms with Crippen molar-refractivity contribution in [2.24, 2.45) is 0 Å². The summed E-state index contributed by atoms with van der Waals surface area (Å²) in [6, 6.07) is 17.3. The standard InChI is InChI=1S/C29H26O9/c30-22-16-8-4-5-9-17(16)23(31)21-19(22)12-18-15(14-6-2-1-3-7-14)10-11-36-13-20-24(32)26(34)27(35)29(37-20)38-28(18)25(21)33/h1-9,12,15,20,24,26-27,29,32-35H,10-11,13H2. The van der Waals surface area contributed by atoms with Gasteiger partial charge < -0.3 is 34.6 Å². The molecule has 3 aliphatic rings. The maximum absolute atomic E-state index is 13.5. The third-order valence-electron chi connectivity index (χ3n) is 7.48. The van der Waals surface area contributed by atoms with E-state index in [4.69, 9.17) is 14.2 Å². The van der Waals surface area contributed by atoms with Crippen molar-refractivity contribution in [1.82, 2.24) is 0 Å². The molecule has 0 amide bonds. The van der Waals surface area contributed by atoms with Gasteiger partial charge in [-0.2, -0.15) is 0 Å². The van der Waals surface area contributed by atoms with Crippen LogP contribution in [0.3, 0.4) is 0 Å². The highest BCUT2D eigenvalue weighted by atomic mass is 16.7. The Morgan fingerprint density at radius 1 is 0.789 bits per heavy atom. The summed E-state index contributed by atoms with van der Waals surface area (Å²) in [5.41, 5.74) is 1.49. The lowest BCUT2D eigenvalue weighted by molar-refractivity contribution is -0.279. The Labute approximate surface area is 217 Å². The predicted octanol–water partition coefficient (Wildman–Crippen LogP) is 1.91. The van der Waals surface area contributed by atoms with E-state index in [0.717, 1.165) is 5.56 Å². The number of phenols is 1. The van der Waals surface area contributed by atoms with Gasteiger partial charge >= 0.3 is 0 Å². The van der Waals surface area contributed by atoms with E-state index in [0.29, 0.717) is 12.0 Å². The van der Waals surface area contributed by atoms with Crippen molar-refractivity contribution in [3.05, 3.63) is 94.0 Å². The normalized spacial score (nSPS) is 28.8. The molecule has 2 bridgehead atoms. The number of aliphatic hydroxyl groups excluding tert-OH is 3. The predicted molar refractivity (Wildman–Crippen MR) is 132 cm³/mol. The van der Waals surface area contributed by atoms with Crippen LogP contribution >= 0.6 is 0 Å². The summed E-state index contributed by atoms with van der Waals surface area (Å²) in [5, 5.41) is 43.1. The highest BCUT2D eigenvalue weighted by molar-refractivity contribution is 6.29. The molecule has 0 spiro atoms. The monoisotopic (exact) mass is 518 g/mol. The first-order valence-electron chi connectivity index (χ1n) is 12.4. The molecule has 1 aliphatic carbocycles. The Hall–Kier alpha value is -3.60. The first-order chi connectivity index (χ1) is 18.4. The van der Waals surface area contributed by atoms with Crippen LogP contribution < -0.4 is 4.74 Å². The van der Waals surface area contributed by atoms with Gasteiger partial charge in [0, 0.05) is 34.8 Å². The second-order valence-corrected chi connectivity index (χ2v) is 9.73. The molecule has 38 heavy (non-hydrogen) atoms. The largest absolute Gasteiger partial charge is 0.504 e. The SMILES string of the molecule is O=C1c2ccccc2C(=O)c2c1cc1c(c2O)OC2OC(COCCC1c1ccccc1)C(O)C(O)C2O. The molecule has 1 fully saturated rings. The van der Waals surface area contributed by atoms with Gasteiger partial charge in [-0.1, -0.05) is 54.6 Å². The maximum atomic E-state index is 13.5. The summed E-state index contributed by atoms with van der Waals surface area (Å²) in [6.07, 6.45) is -6.81. The Morgan fingerprint density at radius 2 is 1.47 bits per heavy atom. The summed E-state index contributed by atoms with van der Waals surface area (Å²) in [5.74, 6) is -2.08. The van der Waals surface area contributed by atoms with E-state index in [1.165, 1.54) is 6.07 Å². The van der Waals surface area contributed by atoms with Crippen LogP contribution in [0.15, 0.2) is 60.7 Å². The van der Waals surface area contributed by atoms with Gasteiger partial charge in [0.1, 0.15) is 24.4 Å². The van der Waals surface area contributed by atoms with Crippen molar-refractivity contribution in [3.8, 4) is 11.5 Å². The molecule has 2 aliphatic heterocycles. The molecule has 6 rings (SSSR count). The molecular formula is C29H26O9. The van der Waals surface area contributed by atoms with Crippen molar-refractivity contribution in [1.29, 1.82) is 0 Å². The number of hydrogen-bond acceptors (Lipinski definition) is 9. The first-order valence-corrected chi connectivity index (χ1v) is 12.4. The lowest BCUT2D eigenvalue weighted by Gasteiger charge is -2.40. The number of fused-ring (bicyclic) bond motifs is 5. The van der Waals surface area contributed by atoms with Crippen LogP contribution in [-0.4, -0.2) is 75.9 Å². The van der Waals surface area contributed by atoms with Crippen LogP contribution in [0.25, 0.3) is 0 Å². The lowest BCUT2D eigenvalue weighted by Crippen LogP contribution is -2.60. The second-order valence-electron chi connectivity index (χ2n) is 9.73. The lowest BCUT2D eigenvalue weighted by atomic mass is 9.79. The number of ketones is 2. The summed E-state index contributed by atoms with van der Waals surface area (Å²) >= 11 is 0. The number of carbonyl (C=O) groups excluding carboxylic acids is 2. The van der Waals surface area contributed by atoms with Crippen LogP contribution in [0.5, 0.6) is 11.5 Å². The van der Waals surface area contributed by atoms with E-state index >= 15 is 0 Å². The fourth-order valence-electron chi connectivity index (χ4n) is 5.48. The highest BCUT2D eigenvalue weighted by Gasteiger charge is 2.46. The van der Waals surface area contributed by atoms with Gasteiger partial charge in [-0.05, 0) is 18.1 Å². The Morgan fingerprint density at radius 3 is 2.21 bits per heavy atom. The number of benzene rings is 3. The van der Waals surface area contributed by atoms with Gasteiger partial charge in [-0.15, -0.1) is 0 Å². The molecule has 6 unspecified atom stereocenters. The second kappa shape index (κ2) is 9.61. The van der Waals surface area contributed by atoms with E-state index in [2.05, 4.69) is 0 Å². The van der Waals surface area contributed by atoms with E-state index in [1.807, 2.05) is 30.3 Å². The molecule has 9 nitrogen and oxygen atoms in total. The van der Waals surface area contributed by atoms with Crippen molar-refractivity contribution in [2.45, 2.75) is 43.0 Å². The van der Waals surface area contributed by atoms with Crippen molar-refractivity contribution < 1.29 is 44.2 Å². The summed E-state index contributed by atoms with van der Waals surface area (Å²) in [4.78, 5) is 27.0. The minimum Gasteiger partial charge on any atom is -0.504 e. The molecule has 3 aromatic carbocycles. The molecule has 6 atom stereocenters. The van der Waals surface area contributed by atoms with Crippen LogP contribution in [0, 0.1) is 0 Å². The average Bonchev–Trinajstić information content (AvgIpc) is 2.97. The number of aliphatic hydroxyl groups is 3. The zero-order valence-corrected chi connectivity index (χ0v) is 20.2. The van der Waals surface area contributed by atoms with Crippen molar-refractivity contribution >= 4 is 11.6 Å². The molecule has 0 aromatic heterocycles. The van der Waals surface area contributed by atoms with Crippen LogP contribution in [0.1, 0.15) is 55.3 Å². The van der Waals surface area contributed by atoms with E-state index < -0.39 is 53.9 Å². The van der Waals surface area contributed by atoms with Crippen LogP contribution in [0.2, 0.25) is 0 Å². The van der Waals surface area contributed by atoms with Gasteiger partial charge in [-0.25, -0.2) is 0 Å². The van der Waals surface area contributed by atoms with E-state index in [1.54, 1.807) is 24.3 Å². The number of carbonyl (C=O) groups is 2. The van der Waals surface area contributed by atoms with Gasteiger partial charge in [0.05, 0.1) is 12.2 Å². The zero-order chi connectivity index (χ0) is 26.6. The summed E-state index contributed by atoms with van der Waals surface area (Å²) in [6.45, 7) is 0.139. The minimum absolute atomic E-state index is 0.0451. The topological polar surface area (TPSA) is 143 Å². The number of ether oxygens (including phenoxy) is 3. The third-order valence-corrected chi connectivity index (χ3v) is 7.48. The quantitative estimate of drug-likeness (QED) is 0.297. The minimum atomic E-state index is -1.67. The molecule has 196 valence electrons. The molecule has 0 saturated carbocycles. The molecular weight excluding hydrogens is 492 g/mol. The number of aromatic hydroxyl groups is 1. The molecule has 4 N–H and O–H groups in total. The smallest absolute Gasteiger partial charge is 0.229 e. The number of phenolic OH excluding ortho intramolecular Hbond substituents is 1. The molecule has 2 heterocycles. The van der Waals surface area contributed by atoms with Gasteiger partial charge in [0.2, 0.25) is 6.29 Å². The van der Waals surface area contributed by atoms with E-state index in [9.17, 15) is 30.0 Å². The summed E-state index contributed by atoms with van der Waals surface area (Å²) < 4.78 is 17.6. The fourth-order valence-corrected chi connectivity index (χ4v) is 5.48. The molecule has 9 heteroatoms. The van der Waals surface area contributed by atoms with Crippen LogP contribution in [-0.2, 0) is 9.47 Å². The fraction of sp³-hybridized carbons (Fsp3) is 0.310.